The van der Waals surface area contributed by atoms with Crippen molar-refractivity contribution in [2.45, 2.75) is 25.3 Å². The van der Waals surface area contributed by atoms with Crippen LogP contribution < -0.4 is 15.4 Å². The Morgan fingerprint density at radius 2 is 2.28 bits per heavy atom. The number of ether oxygens (including phenoxy) is 1. The summed E-state index contributed by atoms with van der Waals surface area (Å²) in [6, 6.07) is 5.58. The van der Waals surface area contributed by atoms with Crippen molar-refractivity contribution in [1.82, 2.24) is 5.32 Å². The summed E-state index contributed by atoms with van der Waals surface area (Å²) in [6.07, 6.45) is 2.99. The highest BCUT2D eigenvalue weighted by molar-refractivity contribution is 9.10. The summed E-state index contributed by atoms with van der Waals surface area (Å²) < 4.78 is 6.06. The Morgan fingerprint density at radius 1 is 1.44 bits per heavy atom. The van der Waals surface area contributed by atoms with Gasteiger partial charge in [0.1, 0.15) is 11.8 Å². The highest BCUT2D eigenvalue weighted by Crippen LogP contribution is 2.28. The molecule has 1 unspecified atom stereocenters. The predicted octanol–water partition coefficient (Wildman–Crippen LogP) is 2.54. The first-order valence-electron chi connectivity index (χ1n) is 6.08. The van der Waals surface area contributed by atoms with Crippen molar-refractivity contribution < 1.29 is 9.53 Å². The van der Waals surface area contributed by atoms with Crippen molar-refractivity contribution >= 4 is 27.5 Å². The number of halogens is 1. The summed E-state index contributed by atoms with van der Waals surface area (Å²) >= 11 is 3.44. The number of nitrogens with one attached hydrogen (secondary N) is 2. The van der Waals surface area contributed by atoms with Gasteiger partial charge in [-0.2, -0.15) is 0 Å². The number of carbonyl (C=O) groups excluding carboxylic acids is 1. The van der Waals surface area contributed by atoms with Gasteiger partial charge in [0.25, 0.3) is 0 Å². The van der Waals surface area contributed by atoms with E-state index in [9.17, 15) is 4.79 Å². The van der Waals surface area contributed by atoms with Crippen LogP contribution in [0.15, 0.2) is 22.7 Å². The Kier molecular flexibility index (Phi) is 4.47. The molecule has 0 aliphatic carbocycles. The SMILES string of the molecule is COc1ccc(NC2CCCCNC2=O)cc1Br. The van der Waals surface area contributed by atoms with Crippen LogP contribution in [0.3, 0.4) is 0 Å². The molecule has 0 radical (unpaired) electrons. The van der Waals surface area contributed by atoms with Gasteiger partial charge in [-0.05, 0) is 53.4 Å². The standard InChI is InChI=1S/C13H17BrN2O2/c1-18-12-6-5-9(8-10(12)14)16-11-4-2-3-7-15-13(11)17/h5-6,8,11,16H,2-4,7H2,1H3,(H,15,17). The molecule has 1 aromatic rings. The maximum atomic E-state index is 11.8. The van der Waals surface area contributed by atoms with E-state index >= 15 is 0 Å². The fourth-order valence-corrected chi connectivity index (χ4v) is 2.58. The van der Waals surface area contributed by atoms with Crippen molar-refractivity contribution in [3.05, 3.63) is 22.7 Å². The molecule has 0 saturated carbocycles. The summed E-state index contributed by atoms with van der Waals surface area (Å²) in [4.78, 5) is 11.8. The van der Waals surface area contributed by atoms with Crippen LogP contribution in [0.1, 0.15) is 19.3 Å². The Hall–Kier alpha value is -1.23. The maximum Gasteiger partial charge on any atom is 0.242 e. The normalized spacial score (nSPS) is 19.9. The fraction of sp³-hybridized carbons (Fsp3) is 0.462. The number of hydrogen-bond acceptors (Lipinski definition) is 3. The maximum absolute atomic E-state index is 11.8. The van der Waals surface area contributed by atoms with Gasteiger partial charge < -0.3 is 15.4 Å². The number of rotatable bonds is 3. The first-order chi connectivity index (χ1) is 8.70. The van der Waals surface area contributed by atoms with E-state index in [1.54, 1.807) is 7.11 Å². The molecule has 1 aromatic carbocycles. The van der Waals surface area contributed by atoms with Gasteiger partial charge in [-0.15, -0.1) is 0 Å². The number of methoxy groups -OCH3 is 1. The molecule has 1 fully saturated rings. The van der Waals surface area contributed by atoms with Crippen LogP contribution in [0.4, 0.5) is 5.69 Å². The van der Waals surface area contributed by atoms with Crippen LogP contribution >= 0.6 is 15.9 Å². The summed E-state index contributed by atoms with van der Waals surface area (Å²) in [7, 11) is 1.63. The van der Waals surface area contributed by atoms with E-state index in [4.69, 9.17) is 4.74 Å². The Balaban J connectivity index is 2.08. The fourth-order valence-electron chi connectivity index (χ4n) is 2.03. The Morgan fingerprint density at radius 3 is 3.00 bits per heavy atom. The molecule has 0 aromatic heterocycles. The second-order valence-corrected chi connectivity index (χ2v) is 5.19. The molecule has 18 heavy (non-hydrogen) atoms. The third kappa shape index (κ3) is 3.16. The average Bonchev–Trinajstić information content (AvgIpc) is 2.55. The summed E-state index contributed by atoms with van der Waals surface area (Å²) in [5.74, 6) is 0.866. The summed E-state index contributed by atoms with van der Waals surface area (Å²) in [5.41, 5.74) is 0.921. The molecule has 1 saturated heterocycles. The first-order valence-corrected chi connectivity index (χ1v) is 6.88. The van der Waals surface area contributed by atoms with Crippen LogP contribution in [-0.2, 0) is 4.79 Å². The van der Waals surface area contributed by atoms with Gasteiger partial charge in [-0.1, -0.05) is 0 Å². The minimum absolute atomic E-state index is 0.0828. The van der Waals surface area contributed by atoms with E-state index < -0.39 is 0 Å². The second kappa shape index (κ2) is 6.09. The van der Waals surface area contributed by atoms with Gasteiger partial charge in [-0.25, -0.2) is 0 Å². The number of anilines is 1. The lowest BCUT2D eigenvalue weighted by atomic mass is 10.1. The zero-order valence-electron chi connectivity index (χ0n) is 10.3. The summed E-state index contributed by atoms with van der Waals surface area (Å²) in [6.45, 7) is 0.781. The van der Waals surface area contributed by atoms with E-state index in [1.165, 1.54) is 0 Å². The highest BCUT2D eigenvalue weighted by atomic mass is 79.9. The first kappa shape index (κ1) is 13.2. The molecule has 2 rings (SSSR count). The molecule has 5 heteroatoms. The molecule has 98 valence electrons. The van der Waals surface area contributed by atoms with Crippen LogP contribution in [0, 0.1) is 0 Å². The summed E-state index contributed by atoms with van der Waals surface area (Å²) in [5, 5.41) is 6.18. The lowest BCUT2D eigenvalue weighted by Crippen LogP contribution is -2.37. The molecular weight excluding hydrogens is 296 g/mol. The second-order valence-electron chi connectivity index (χ2n) is 4.33. The van der Waals surface area contributed by atoms with Gasteiger partial charge in [0, 0.05) is 12.2 Å². The zero-order chi connectivity index (χ0) is 13.0. The van der Waals surface area contributed by atoms with E-state index in [-0.39, 0.29) is 11.9 Å². The van der Waals surface area contributed by atoms with Crippen molar-refractivity contribution in [2.75, 3.05) is 19.0 Å². The van der Waals surface area contributed by atoms with Crippen molar-refractivity contribution in [3.8, 4) is 5.75 Å². The van der Waals surface area contributed by atoms with E-state index in [0.717, 1.165) is 41.7 Å². The van der Waals surface area contributed by atoms with E-state index in [2.05, 4.69) is 26.6 Å². The predicted molar refractivity (Wildman–Crippen MR) is 75.0 cm³/mol. The van der Waals surface area contributed by atoms with Crippen molar-refractivity contribution in [3.63, 3.8) is 0 Å². The van der Waals surface area contributed by atoms with Crippen LogP contribution in [0.2, 0.25) is 0 Å². The molecule has 0 bridgehead atoms. The molecule has 1 heterocycles. The Bertz CT molecular complexity index is 437. The molecule has 2 N–H and O–H groups in total. The highest BCUT2D eigenvalue weighted by Gasteiger charge is 2.20. The molecular formula is C13H17BrN2O2. The monoisotopic (exact) mass is 312 g/mol. The minimum Gasteiger partial charge on any atom is -0.496 e. The van der Waals surface area contributed by atoms with Crippen LogP contribution in [0.25, 0.3) is 0 Å². The smallest absolute Gasteiger partial charge is 0.242 e. The van der Waals surface area contributed by atoms with Gasteiger partial charge in [0.05, 0.1) is 11.6 Å². The molecule has 0 spiro atoms. The molecule has 1 aliphatic heterocycles. The van der Waals surface area contributed by atoms with Crippen molar-refractivity contribution in [2.24, 2.45) is 0 Å². The average molecular weight is 313 g/mol. The molecule has 1 amide bonds. The third-order valence-electron chi connectivity index (χ3n) is 3.03. The lowest BCUT2D eigenvalue weighted by Gasteiger charge is -2.17. The van der Waals surface area contributed by atoms with Gasteiger partial charge in [0.15, 0.2) is 0 Å². The molecule has 4 nitrogen and oxygen atoms in total. The lowest BCUT2D eigenvalue weighted by molar-refractivity contribution is -0.121. The minimum atomic E-state index is -0.146. The van der Waals surface area contributed by atoms with E-state index in [1.807, 2.05) is 18.2 Å². The largest absolute Gasteiger partial charge is 0.496 e. The number of carbonyl (C=O) groups is 1. The van der Waals surface area contributed by atoms with Crippen LogP contribution in [-0.4, -0.2) is 25.6 Å². The Labute approximate surface area is 115 Å². The van der Waals surface area contributed by atoms with Gasteiger partial charge >= 0.3 is 0 Å². The van der Waals surface area contributed by atoms with Gasteiger partial charge in [0.2, 0.25) is 5.91 Å². The van der Waals surface area contributed by atoms with Crippen molar-refractivity contribution in [1.29, 1.82) is 0 Å². The van der Waals surface area contributed by atoms with E-state index in [0.29, 0.717) is 0 Å². The quantitative estimate of drug-likeness (QED) is 0.901. The third-order valence-corrected chi connectivity index (χ3v) is 3.65. The number of amides is 1. The topological polar surface area (TPSA) is 50.4 Å². The zero-order valence-corrected chi connectivity index (χ0v) is 11.9. The number of hydrogen-bond donors (Lipinski definition) is 2. The molecule has 1 atom stereocenters. The molecule has 1 aliphatic rings. The van der Waals surface area contributed by atoms with Crippen LogP contribution in [0.5, 0.6) is 5.75 Å². The number of benzene rings is 1. The van der Waals surface area contributed by atoms with Gasteiger partial charge in [-0.3, -0.25) is 4.79 Å².